The lowest BCUT2D eigenvalue weighted by atomic mass is 10.2. The molecule has 138 valence electrons. The number of amides is 1. The zero-order valence-electron chi connectivity index (χ0n) is 14.8. The average Bonchev–Trinajstić information content (AvgIpc) is 3.30. The van der Waals surface area contributed by atoms with E-state index in [1.807, 2.05) is 27.0 Å². The Bertz CT molecular complexity index is 953. The molecule has 0 bridgehead atoms. The van der Waals surface area contributed by atoms with Crippen molar-refractivity contribution in [2.24, 2.45) is 0 Å². The van der Waals surface area contributed by atoms with Crippen LogP contribution in [0.25, 0.3) is 20.7 Å². The van der Waals surface area contributed by atoms with Gasteiger partial charge in [-0.05, 0) is 49.5 Å². The molecule has 3 aromatic heterocycles. The predicted molar refractivity (Wildman–Crippen MR) is 110 cm³/mol. The van der Waals surface area contributed by atoms with Crippen LogP contribution in [0.3, 0.4) is 0 Å². The number of aromatic amines is 1. The van der Waals surface area contributed by atoms with Crippen molar-refractivity contribution in [3.8, 4) is 11.3 Å². The molecule has 1 aliphatic heterocycles. The van der Waals surface area contributed by atoms with Gasteiger partial charge in [0.25, 0.3) is 0 Å². The molecule has 1 aliphatic rings. The van der Waals surface area contributed by atoms with Gasteiger partial charge >= 0.3 is 6.09 Å². The molecule has 1 amide bonds. The van der Waals surface area contributed by atoms with Gasteiger partial charge in [0.2, 0.25) is 0 Å². The van der Waals surface area contributed by atoms with Crippen LogP contribution in [0.4, 0.5) is 4.79 Å². The van der Waals surface area contributed by atoms with E-state index < -0.39 is 5.60 Å². The monoisotopic (exact) mass is 453 g/mol. The first-order valence-electron chi connectivity index (χ1n) is 8.52. The number of nitrogens with one attached hydrogen (secondary N) is 1. The maximum Gasteiger partial charge on any atom is 0.410 e. The third kappa shape index (κ3) is 3.30. The van der Waals surface area contributed by atoms with Crippen molar-refractivity contribution in [2.45, 2.75) is 45.3 Å². The van der Waals surface area contributed by atoms with Gasteiger partial charge in [-0.1, -0.05) is 0 Å². The van der Waals surface area contributed by atoms with Crippen molar-refractivity contribution < 1.29 is 9.53 Å². The first-order valence-corrected chi connectivity index (χ1v) is 11.1. The van der Waals surface area contributed by atoms with Crippen LogP contribution in [0.5, 0.6) is 0 Å². The fraction of sp³-hybridized carbons (Fsp3) is 0.444. The van der Waals surface area contributed by atoms with Gasteiger partial charge in [-0.2, -0.15) is 0 Å². The van der Waals surface area contributed by atoms with Crippen LogP contribution >= 0.6 is 38.6 Å². The molecule has 3 aromatic rings. The van der Waals surface area contributed by atoms with Crippen molar-refractivity contribution in [3.05, 3.63) is 27.3 Å². The largest absolute Gasteiger partial charge is 0.444 e. The summed E-state index contributed by atoms with van der Waals surface area (Å²) in [6.45, 7) is 6.38. The molecule has 0 saturated carbocycles. The number of thiophene rings is 2. The number of rotatable bonds is 2. The highest BCUT2D eigenvalue weighted by atomic mass is 79.9. The number of hydrogen-bond donors (Lipinski definition) is 1. The molecule has 1 saturated heterocycles. The SMILES string of the molecule is CC(C)(C)OC(=O)N1CCC[C@H]1c1ncc(-c2csc3c(Br)csc23)[nH]1. The number of hydrogen-bond acceptors (Lipinski definition) is 5. The molecule has 4 heterocycles. The number of carbonyl (C=O) groups excluding carboxylic acids is 1. The van der Waals surface area contributed by atoms with E-state index in [0.29, 0.717) is 6.54 Å². The normalized spacial score (nSPS) is 18.0. The van der Waals surface area contributed by atoms with E-state index in [-0.39, 0.29) is 12.1 Å². The molecule has 8 heteroatoms. The fourth-order valence-corrected chi connectivity index (χ4v) is 6.26. The summed E-state index contributed by atoms with van der Waals surface area (Å²) in [5.41, 5.74) is 1.67. The van der Waals surface area contributed by atoms with Crippen LogP contribution in [0.1, 0.15) is 45.5 Å². The second-order valence-corrected chi connectivity index (χ2v) is 10.0. The van der Waals surface area contributed by atoms with E-state index in [2.05, 4.69) is 36.7 Å². The van der Waals surface area contributed by atoms with E-state index in [9.17, 15) is 4.79 Å². The third-order valence-electron chi connectivity index (χ3n) is 4.32. The van der Waals surface area contributed by atoms with Crippen molar-refractivity contribution in [1.29, 1.82) is 0 Å². The first-order chi connectivity index (χ1) is 12.3. The highest BCUT2D eigenvalue weighted by Gasteiger charge is 2.34. The topological polar surface area (TPSA) is 58.2 Å². The van der Waals surface area contributed by atoms with Gasteiger partial charge in [-0.25, -0.2) is 9.78 Å². The quantitative estimate of drug-likeness (QED) is 0.503. The van der Waals surface area contributed by atoms with E-state index in [1.54, 1.807) is 27.6 Å². The van der Waals surface area contributed by atoms with Crippen molar-refractivity contribution >= 4 is 54.1 Å². The Hall–Kier alpha value is -1.38. The van der Waals surface area contributed by atoms with Gasteiger partial charge in [0.1, 0.15) is 11.4 Å². The molecule has 0 aromatic carbocycles. The molecule has 1 fully saturated rings. The first kappa shape index (κ1) is 18.0. The maximum atomic E-state index is 12.5. The van der Waals surface area contributed by atoms with Crippen molar-refractivity contribution in [2.75, 3.05) is 6.54 Å². The molecule has 0 radical (unpaired) electrons. The summed E-state index contributed by atoms with van der Waals surface area (Å²) in [6, 6.07) is -0.0530. The van der Waals surface area contributed by atoms with E-state index >= 15 is 0 Å². The Morgan fingerprint density at radius 3 is 2.88 bits per heavy atom. The van der Waals surface area contributed by atoms with Crippen LogP contribution in [0, 0.1) is 0 Å². The number of nitrogens with zero attached hydrogens (tertiary/aromatic N) is 2. The summed E-state index contributed by atoms with van der Waals surface area (Å²) in [5, 5.41) is 4.27. The molecule has 0 aliphatic carbocycles. The Labute approximate surface area is 168 Å². The Kier molecular flexibility index (Phi) is 4.61. The van der Waals surface area contributed by atoms with Crippen LogP contribution in [0.15, 0.2) is 21.4 Å². The van der Waals surface area contributed by atoms with E-state index in [0.717, 1.165) is 28.8 Å². The zero-order valence-corrected chi connectivity index (χ0v) is 18.1. The van der Waals surface area contributed by atoms with Crippen LogP contribution in [-0.2, 0) is 4.74 Å². The van der Waals surface area contributed by atoms with Gasteiger partial charge in [-0.3, -0.25) is 4.90 Å². The number of halogens is 1. The molecule has 0 unspecified atom stereocenters. The molecule has 1 N–H and O–H groups in total. The highest BCUT2D eigenvalue weighted by molar-refractivity contribution is 9.10. The minimum Gasteiger partial charge on any atom is -0.444 e. The van der Waals surface area contributed by atoms with Crippen LogP contribution in [0.2, 0.25) is 0 Å². The van der Waals surface area contributed by atoms with E-state index in [1.165, 1.54) is 15.0 Å². The Morgan fingerprint density at radius 2 is 2.12 bits per heavy atom. The van der Waals surface area contributed by atoms with Gasteiger partial charge in [0.05, 0.1) is 27.3 Å². The number of ether oxygens (including phenoxy) is 1. The average molecular weight is 454 g/mol. The summed E-state index contributed by atoms with van der Waals surface area (Å²) in [4.78, 5) is 22.3. The fourth-order valence-electron chi connectivity index (χ4n) is 3.21. The highest BCUT2D eigenvalue weighted by Crippen LogP contribution is 2.42. The number of H-pyrrole nitrogens is 1. The summed E-state index contributed by atoms with van der Waals surface area (Å²) >= 11 is 7.05. The molecule has 5 nitrogen and oxygen atoms in total. The number of aromatic nitrogens is 2. The molecule has 26 heavy (non-hydrogen) atoms. The Balaban J connectivity index is 1.60. The van der Waals surface area contributed by atoms with Gasteiger partial charge in [0, 0.05) is 27.3 Å². The molecular formula is C18H20BrN3O2S2. The van der Waals surface area contributed by atoms with Gasteiger partial charge in [-0.15, -0.1) is 22.7 Å². The zero-order chi connectivity index (χ0) is 18.5. The van der Waals surface area contributed by atoms with Gasteiger partial charge in [0.15, 0.2) is 0 Å². The minimum atomic E-state index is -0.493. The molecule has 1 atom stereocenters. The summed E-state index contributed by atoms with van der Waals surface area (Å²) in [5.74, 6) is 0.832. The van der Waals surface area contributed by atoms with Crippen molar-refractivity contribution in [3.63, 3.8) is 0 Å². The van der Waals surface area contributed by atoms with E-state index in [4.69, 9.17) is 4.74 Å². The summed E-state index contributed by atoms with van der Waals surface area (Å²) < 4.78 is 9.21. The lowest BCUT2D eigenvalue weighted by molar-refractivity contribution is 0.0219. The Morgan fingerprint density at radius 1 is 1.35 bits per heavy atom. The molecular weight excluding hydrogens is 434 g/mol. The van der Waals surface area contributed by atoms with Crippen LogP contribution in [-0.4, -0.2) is 33.1 Å². The second-order valence-electron chi connectivity index (χ2n) is 7.41. The lowest BCUT2D eigenvalue weighted by Gasteiger charge is -2.27. The number of fused-ring (bicyclic) bond motifs is 1. The van der Waals surface area contributed by atoms with Crippen LogP contribution < -0.4 is 0 Å². The number of imidazole rings is 1. The maximum absolute atomic E-state index is 12.5. The minimum absolute atomic E-state index is 0.0530. The summed E-state index contributed by atoms with van der Waals surface area (Å²) in [6.07, 6.45) is 3.46. The third-order valence-corrected chi connectivity index (χ3v) is 7.67. The molecule has 0 spiro atoms. The second kappa shape index (κ2) is 6.65. The predicted octanol–water partition coefficient (Wildman–Crippen LogP) is 6.19. The lowest BCUT2D eigenvalue weighted by Crippen LogP contribution is -2.36. The number of carbonyl (C=O) groups is 1. The molecule has 4 rings (SSSR count). The smallest absolute Gasteiger partial charge is 0.410 e. The summed E-state index contributed by atoms with van der Waals surface area (Å²) in [7, 11) is 0. The van der Waals surface area contributed by atoms with Crippen molar-refractivity contribution in [1.82, 2.24) is 14.9 Å². The number of likely N-dealkylation sites (tertiary alicyclic amines) is 1. The standard InChI is InChI=1S/C18H20BrN3O2S2/c1-18(2,3)24-17(23)22-6-4-5-13(22)16-20-7-12(21-16)10-8-25-15-11(19)9-26-14(10)15/h7-9,13H,4-6H2,1-3H3,(H,20,21)/t13-/m0/s1. The van der Waals surface area contributed by atoms with Gasteiger partial charge < -0.3 is 9.72 Å².